The molecule has 0 saturated carbocycles. The number of piperazine rings is 1. The number of amides is 2. The van der Waals surface area contributed by atoms with Crippen LogP contribution in [0, 0.1) is 0 Å². The fourth-order valence-corrected chi connectivity index (χ4v) is 6.19. The van der Waals surface area contributed by atoms with Crippen LogP contribution in [-0.2, 0) is 47.6 Å². The summed E-state index contributed by atoms with van der Waals surface area (Å²) in [5.41, 5.74) is 0.148. The van der Waals surface area contributed by atoms with Gasteiger partial charge in [-0.3, -0.25) is 9.69 Å². The van der Waals surface area contributed by atoms with E-state index in [1.54, 1.807) is 44.1 Å². The second-order valence-corrected chi connectivity index (χ2v) is 13.2. The van der Waals surface area contributed by atoms with Crippen molar-refractivity contribution < 1.29 is 32.2 Å². The largest absolute Gasteiger partial charge is 0.444 e. The Kier molecular flexibility index (Phi) is 7.88. The van der Waals surface area contributed by atoms with Gasteiger partial charge in [0.1, 0.15) is 17.8 Å². The number of nitrogens with zero attached hydrogens (tertiary/aromatic N) is 6. The van der Waals surface area contributed by atoms with E-state index in [1.165, 1.54) is 4.90 Å². The molecular weight excluding hydrogens is 589 g/mol. The van der Waals surface area contributed by atoms with E-state index in [9.17, 15) is 22.8 Å². The number of hydrogen-bond acceptors (Lipinski definition) is 7. The summed E-state index contributed by atoms with van der Waals surface area (Å²) in [5, 5.41) is 8.18. The molecule has 13 heteroatoms. The molecule has 0 aliphatic carbocycles. The summed E-state index contributed by atoms with van der Waals surface area (Å²) in [6, 6.07) is 10.2. The molecule has 2 amide bonds. The van der Waals surface area contributed by atoms with E-state index in [1.807, 2.05) is 34.7 Å². The summed E-state index contributed by atoms with van der Waals surface area (Å²) >= 11 is 0. The molecule has 45 heavy (non-hydrogen) atoms. The lowest BCUT2D eigenvalue weighted by molar-refractivity contribution is -0.138. The minimum atomic E-state index is -4.63. The molecular formula is C32H37F3N6O4. The number of carbonyl (C=O) groups excluding carboxylic acids is 2. The highest BCUT2D eigenvalue weighted by atomic mass is 19.4. The Bertz CT molecular complexity index is 1600. The van der Waals surface area contributed by atoms with Gasteiger partial charge in [0, 0.05) is 62.9 Å². The normalized spacial score (nSPS) is 18.6. The average Bonchev–Trinajstić information content (AvgIpc) is 3.51. The summed E-state index contributed by atoms with van der Waals surface area (Å²) in [5.74, 6) is 0.332. The first-order valence-corrected chi connectivity index (χ1v) is 15.0. The number of halogens is 3. The van der Waals surface area contributed by atoms with E-state index < -0.39 is 29.3 Å². The highest BCUT2D eigenvalue weighted by Gasteiger charge is 2.44. The minimum Gasteiger partial charge on any atom is -0.444 e. The van der Waals surface area contributed by atoms with Crippen molar-refractivity contribution in [3.05, 3.63) is 76.4 Å². The number of aryl methyl sites for hydroxylation is 1. The van der Waals surface area contributed by atoms with Gasteiger partial charge in [-0.05, 0) is 61.7 Å². The molecule has 0 bridgehead atoms. The van der Waals surface area contributed by atoms with Crippen molar-refractivity contribution in [1.82, 2.24) is 24.6 Å². The lowest BCUT2D eigenvalue weighted by Crippen LogP contribution is -2.49. The number of benzene rings is 2. The zero-order valence-electron chi connectivity index (χ0n) is 25.9. The fraction of sp³-hybridized carbons (Fsp3) is 0.500. The zero-order valence-corrected chi connectivity index (χ0v) is 25.9. The molecule has 4 heterocycles. The van der Waals surface area contributed by atoms with Gasteiger partial charge in [-0.2, -0.15) is 13.2 Å². The lowest BCUT2D eigenvalue weighted by atomic mass is 9.75. The molecule has 6 rings (SSSR count). The number of hydrogen-bond donors (Lipinski definition) is 0. The second-order valence-electron chi connectivity index (χ2n) is 13.2. The van der Waals surface area contributed by atoms with Crippen LogP contribution in [0.5, 0.6) is 0 Å². The highest BCUT2D eigenvalue weighted by Crippen LogP contribution is 2.42. The van der Waals surface area contributed by atoms with Crippen molar-refractivity contribution >= 4 is 17.7 Å². The van der Waals surface area contributed by atoms with Crippen LogP contribution in [-0.4, -0.2) is 81.6 Å². The van der Waals surface area contributed by atoms with Crippen LogP contribution in [0.15, 0.2) is 42.7 Å². The molecule has 0 unspecified atom stereocenters. The van der Waals surface area contributed by atoms with Crippen LogP contribution in [0.4, 0.5) is 23.7 Å². The molecule has 3 aliphatic rings. The van der Waals surface area contributed by atoms with Gasteiger partial charge in [0.2, 0.25) is 0 Å². The number of alkyl halides is 3. The van der Waals surface area contributed by atoms with Crippen molar-refractivity contribution in [3.8, 4) is 0 Å². The maximum atomic E-state index is 14.4. The predicted molar refractivity (Wildman–Crippen MR) is 159 cm³/mol. The van der Waals surface area contributed by atoms with Crippen molar-refractivity contribution in [3.63, 3.8) is 0 Å². The quantitative estimate of drug-likeness (QED) is 0.396. The Morgan fingerprint density at radius 2 is 1.80 bits per heavy atom. The van der Waals surface area contributed by atoms with Crippen LogP contribution >= 0.6 is 0 Å². The number of aromatic nitrogens is 3. The Hall–Kier alpha value is -3.97. The number of fused-ring (bicyclic) bond motifs is 1. The molecule has 3 aromatic rings. The first-order chi connectivity index (χ1) is 21.2. The van der Waals surface area contributed by atoms with Crippen molar-refractivity contribution in [2.45, 2.75) is 57.5 Å². The smallest absolute Gasteiger partial charge is 0.416 e. The zero-order chi connectivity index (χ0) is 32.1. The van der Waals surface area contributed by atoms with Crippen molar-refractivity contribution in [2.24, 2.45) is 7.05 Å². The molecule has 2 aromatic carbocycles. The molecule has 240 valence electrons. The summed E-state index contributed by atoms with van der Waals surface area (Å²) in [7, 11) is 1.87. The van der Waals surface area contributed by atoms with Crippen LogP contribution in [0.2, 0.25) is 0 Å². The van der Waals surface area contributed by atoms with Crippen LogP contribution < -0.4 is 4.90 Å². The molecule has 0 atom stereocenters. The molecule has 2 saturated heterocycles. The van der Waals surface area contributed by atoms with E-state index >= 15 is 0 Å². The van der Waals surface area contributed by atoms with Gasteiger partial charge in [-0.25, -0.2) is 4.79 Å². The van der Waals surface area contributed by atoms with E-state index in [-0.39, 0.29) is 29.6 Å². The monoisotopic (exact) mass is 626 g/mol. The Balaban J connectivity index is 1.21. The van der Waals surface area contributed by atoms with Gasteiger partial charge in [0.05, 0.1) is 25.3 Å². The summed E-state index contributed by atoms with van der Waals surface area (Å²) in [4.78, 5) is 31.2. The predicted octanol–water partition coefficient (Wildman–Crippen LogP) is 4.56. The Morgan fingerprint density at radius 3 is 2.40 bits per heavy atom. The lowest BCUT2D eigenvalue weighted by Gasteiger charge is -2.42. The molecule has 10 nitrogen and oxygen atoms in total. The van der Waals surface area contributed by atoms with Gasteiger partial charge in [-0.15, -0.1) is 10.2 Å². The third-order valence-corrected chi connectivity index (χ3v) is 8.67. The Morgan fingerprint density at radius 1 is 1.07 bits per heavy atom. The molecule has 3 aliphatic heterocycles. The summed E-state index contributed by atoms with van der Waals surface area (Å²) in [6.07, 6.45) is -2.82. The SMILES string of the molecule is Cn1cnnc1CC1(c2cccc(N3Cc4c(cc(CN5CCN(C(=O)OC(C)(C)C)CC5)cc4C(F)(F)F)C3=O)c2)COC1. The average molecular weight is 627 g/mol. The Labute approximate surface area is 259 Å². The molecule has 0 N–H and O–H groups in total. The number of rotatable bonds is 6. The minimum absolute atomic E-state index is 0.0165. The van der Waals surface area contributed by atoms with Gasteiger partial charge in [0.25, 0.3) is 5.91 Å². The number of ether oxygens (including phenoxy) is 2. The van der Waals surface area contributed by atoms with Crippen molar-refractivity contribution in [2.75, 3.05) is 44.3 Å². The number of carbonyl (C=O) groups is 2. The topological polar surface area (TPSA) is 93.0 Å². The third kappa shape index (κ3) is 6.28. The molecule has 1 aromatic heterocycles. The van der Waals surface area contributed by atoms with Gasteiger partial charge < -0.3 is 23.8 Å². The summed E-state index contributed by atoms with van der Waals surface area (Å²) in [6.45, 7) is 8.14. The number of anilines is 1. The van der Waals surface area contributed by atoms with E-state index in [4.69, 9.17) is 9.47 Å². The molecule has 2 fully saturated rings. The highest BCUT2D eigenvalue weighted by molar-refractivity contribution is 6.10. The van der Waals surface area contributed by atoms with E-state index in [0.29, 0.717) is 57.1 Å². The standard InChI is InChI=1S/C32H37F3N6O4/c1-30(2,3)45-29(43)40-10-8-39(9-11-40)16-21-12-24-25(26(13-21)32(33,34)35)17-41(28(24)42)23-7-5-6-22(14-23)31(18-44-19-31)15-27-37-36-20-38(27)4/h5-7,12-14,20H,8-11,15-19H2,1-4H3. The first kappa shape index (κ1) is 31.0. The molecule has 0 radical (unpaired) electrons. The van der Waals surface area contributed by atoms with Gasteiger partial charge in [0.15, 0.2) is 0 Å². The van der Waals surface area contributed by atoms with Crippen molar-refractivity contribution in [1.29, 1.82) is 0 Å². The molecule has 0 spiro atoms. The van der Waals surface area contributed by atoms with Crippen LogP contribution in [0.25, 0.3) is 0 Å². The fourth-order valence-electron chi connectivity index (χ4n) is 6.19. The summed E-state index contributed by atoms with van der Waals surface area (Å²) < 4.78 is 56.1. The van der Waals surface area contributed by atoms with Gasteiger partial charge in [-0.1, -0.05) is 12.1 Å². The van der Waals surface area contributed by atoms with E-state index in [2.05, 4.69) is 10.2 Å². The maximum Gasteiger partial charge on any atom is 0.416 e. The van der Waals surface area contributed by atoms with E-state index in [0.717, 1.165) is 17.5 Å². The van der Waals surface area contributed by atoms with Crippen LogP contribution in [0.1, 0.15) is 59.2 Å². The third-order valence-electron chi connectivity index (χ3n) is 8.67. The first-order valence-electron chi connectivity index (χ1n) is 15.0. The van der Waals surface area contributed by atoms with Crippen LogP contribution in [0.3, 0.4) is 0 Å². The maximum absolute atomic E-state index is 14.4. The second kappa shape index (κ2) is 11.4. The van der Waals surface area contributed by atoms with Gasteiger partial charge >= 0.3 is 12.3 Å².